The third-order valence-electron chi connectivity index (χ3n) is 5.50. The summed E-state index contributed by atoms with van der Waals surface area (Å²) in [4.78, 5) is 29.0. The van der Waals surface area contributed by atoms with E-state index < -0.39 is 0 Å². The number of fused-ring (bicyclic) bond motifs is 1. The van der Waals surface area contributed by atoms with Crippen molar-refractivity contribution in [2.45, 2.75) is 45.1 Å². The zero-order valence-corrected chi connectivity index (χ0v) is 16.9. The minimum absolute atomic E-state index is 0.0310. The molecule has 0 spiro atoms. The number of rotatable bonds is 4. The molecule has 2 heterocycles. The number of amides is 1. The Kier molecular flexibility index (Phi) is 4.42. The molecule has 27 heavy (non-hydrogen) atoms. The second-order valence-corrected chi connectivity index (χ2v) is 8.16. The van der Waals surface area contributed by atoms with Crippen LogP contribution in [0.5, 0.6) is 0 Å². The smallest absolute Gasteiger partial charge is 0.266 e. The number of hydrogen-bond donors (Lipinski definition) is 2. The Labute approximate surface area is 165 Å². The summed E-state index contributed by atoms with van der Waals surface area (Å²) < 4.78 is 2.66. The second-order valence-electron chi connectivity index (χ2n) is 7.25. The van der Waals surface area contributed by atoms with Gasteiger partial charge in [-0.2, -0.15) is 0 Å². The van der Waals surface area contributed by atoms with Crippen molar-refractivity contribution < 1.29 is 4.79 Å². The average molecular weight is 429 g/mol. The van der Waals surface area contributed by atoms with Gasteiger partial charge in [0.25, 0.3) is 5.56 Å². The highest BCUT2D eigenvalue weighted by molar-refractivity contribution is 9.10. The Morgan fingerprint density at radius 1 is 1.33 bits per heavy atom. The molecule has 2 aromatic heterocycles. The number of aryl methyl sites for hydroxylation is 2. The zero-order chi connectivity index (χ0) is 19.2. The second kappa shape index (κ2) is 6.64. The monoisotopic (exact) mass is 428 g/mol. The molecule has 0 aliphatic heterocycles. The molecule has 0 radical (unpaired) electrons. The van der Waals surface area contributed by atoms with Gasteiger partial charge in [0.05, 0.1) is 12.0 Å². The van der Waals surface area contributed by atoms with Crippen LogP contribution in [0.2, 0.25) is 0 Å². The first-order valence-electron chi connectivity index (χ1n) is 9.03. The summed E-state index contributed by atoms with van der Waals surface area (Å²) in [6, 6.07) is 9.59. The van der Waals surface area contributed by atoms with Crippen molar-refractivity contribution in [2.24, 2.45) is 0 Å². The van der Waals surface area contributed by atoms with Gasteiger partial charge < -0.3 is 5.32 Å². The molecular formula is C20H21BrN4O2. The van der Waals surface area contributed by atoms with Crippen molar-refractivity contribution >= 4 is 27.5 Å². The number of halogens is 1. The number of carbonyl (C=O) groups excluding carboxylic acids is 1. The number of aromatic amines is 1. The van der Waals surface area contributed by atoms with Crippen molar-refractivity contribution in [3.05, 3.63) is 67.7 Å². The highest BCUT2D eigenvalue weighted by atomic mass is 79.9. The Bertz CT molecular complexity index is 1100. The van der Waals surface area contributed by atoms with Crippen LogP contribution in [0, 0.1) is 13.8 Å². The van der Waals surface area contributed by atoms with E-state index in [4.69, 9.17) is 0 Å². The SMILES string of the molecule is Cc1nc2cc(=O)[nH]n2c(C)c1CC(=O)NC1(c2cccc(Br)c2)CCC1. The predicted octanol–water partition coefficient (Wildman–Crippen LogP) is 3.14. The van der Waals surface area contributed by atoms with Gasteiger partial charge in [-0.25, -0.2) is 9.50 Å². The maximum Gasteiger partial charge on any atom is 0.266 e. The van der Waals surface area contributed by atoms with Gasteiger partial charge >= 0.3 is 0 Å². The van der Waals surface area contributed by atoms with Crippen LogP contribution >= 0.6 is 15.9 Å². The van der Waals surface area contributed by atoms with Gasteiger partial charge in [-0.05, 0) is 50.8 Å². The summed E-state index contributed by atoms with van der Waals surface area (Å²) >= 11 is 3.52. The van der Waals surface area contributed by atoms with Crippen molar-refractivity contribution in [1.29, 1.82) is 0 Å². The van der Waals surface area contributed by atoms with Gasteiger partial charge in [0.1, 0.15) is 0 Å². The molecule has 4 rings (SSSR count). The summed E-state index contributed by atoms with van der Waals surface area (Å²) in [6.07, 6.45) is 3.21. The Morgan fingerprint density at radius 3 is 2.78 bits per heavy atom. The fourth-order valence-electron chi connectivity index (χ4n) is 3.89. The van der Waals surface area contributed by atoms with Crippen molar-refractivity contribution in [3.63, 3.8) is 0 Å². The van der Waals surface area contributed by atoms with Gasteiger partial charge in [-0.3, -0.25) is 14.7 Å². The minimum atomic E-state index is -0.290. The van der Waals surface area contributed by atoms with Crippen molar-refractivity contribution in [2.75, 3.05) is 0 Å². The van der Waals surface area contributed by atoms with E-state index >= 15 is 0 Å². The lowest BCUT2D eigenvalue weighted by atomic mass is 9.71. The highest BCUT2D eigenvalue weighted by Crippen LogP contribution is 2.42. The molecule has 7 heteroatoms. The van der Waals surface area contributed by atoms with E-state index in [0.29, 0.717) is 5.65 Å². The van der Waals surface area contributed by atoms with Crippen LogP contribution in [0.4, 0.5) is 0 Å². The predicted molar refractivity (Wildman–Crippen MR) is 107 cm³/mol. The summed E-state index contributed by atoms with van der Waals surface area (Å²) in [7, 11) is 0. The molecule has 0 bridgehead atoms. The molecule has 1 amide bonds. The van der Waals surface area contributed by atoms with Crippen LogP contribution in [0.1, 0.15) is 41.8 Å². The third-order valence-corrected chi connectivity index (χ3v) is 6.00. The normalized spacial score (nSPS) is 15.5. The van der Waals surface area contributed by atoms with E-state index in [-0.39, 0.29) is 23.4 Å². The summed E-state index contributed by atoms with van der Waals surface area (Å²) in [5, 5.41) is 5.99. The Morgan fingerprint density at radius 2 is 2.11 bits per heavy atom. The number of nitrogens with zero attached hydrogens (tertiary/aromatic N) is 2. The average Bonchev–Trinajstić information content (AvgIpc) is 2.95. The number of carbonyl (C=O) groups is 1. The third kappa shape index (κ3) is 3.20. The van der Waals surface area contributed by atoms with E-state index in [1.807, 2.05) is 26.0 Å². The first kappa shape index (κ1) is 18.0. The maximum atomic E-state index is 12.9. The molecule has 0 unspecified atom stereocenters. The minimum Gasteiger partial charge on any atom is -0.346 e. The lowest BCUT2D eigenvalue weighted by Crippen LogP contribution is -2.51. The fraction of sp³-hybridized carbons (Fsp3) is 0.350. The van der Waals surface area contributed by atoms with E-state index in [2.05, 4.69) is 43.5 Å². The fourth-order valence-corrected chi connectivity index (χ4v) is 4.28. The van der Waals surface area contributed by atoms with Crippen LogP contribution in [0.15, 0.2) is 39.6 Å². The largest absolute Gasteiger partial charge is 0.346 e. The number of nitrogens with one attached hydrogen (secondary N) is 2. The molecule has 1 aromatic carbocycles. The molecule has 2 N–H and O–H groups in total. The van der Waals surface area contributed by atoms with Crippen LogP contribution in [-0.2, 0) is 16.8 Å². The van der Waals surface area contributed by atoms with Gasteiger partial charge in [-0.15, -0.1) is 0 Å². The van der Waals surface area contributed by atoms with Crippen LogP contribution in [0.25, 0.3) is 5.65 Å². The summed E-state index contributed by atoms with van der Waals surface area (Å²) in [5.74, 6) is -0.0310. The molecule has 0 saturated heterocycles. The van der Waals surface area contributed by atoms with E-state index in [9.17, 15) is 9.59 Å². The van der Waals surface area contributed by atoms with Gasteiger partial charge in [-0.1, -0.05) is 28.1 Å². The number of hydrogen-bond acceptors (Lipinski definition) is 3. The lowest BCUT2D eigenvalue weighted by molar-refractivity contribution is -0.123. The van der Waals surface area contributed by atoms with Crippen molar-refractivity contribution in [1.82, 2.24) is 19.9 Å². The first-order chi connectivity index (χ1) is 12.9. The molecule has 1 aliphatic rings. The number of aromatic nitrogens is 3. The van der Waals surface area contributed by atoms with E-state index in [1.165, 1.54) is 6.07 Å². The van der Waals surface area contributed by atoms with E-state index in [0.717, 1.165) is 46.2 Å². The zero-order valence-electron chi connectivity index (χ0n) is 15.3. The Balaban J connectivity index is 1.61. The van der Waals surface area contributed by atoms with Gasteiger partial charge in [0, 0.05) is 27.5 Å². The quantitative estimate of drug-likeness (QED) is 0.669. The molecule has 3 aromatic rings. The molecule has 140 valence electrons. The molecular weight excluding hydrogens is 408 g/mol. The first-order valence-corrected chi connectivity index (χ1v) is 9.82. The van der Waals surface area contributed by atoms with Crippen molar-refractivity contribution in [3.8, 4) is 0 Å². The molecule has 6 nitrogen and oxygen atoms in total. The lowest BCUT2D eigenvalue weighted by Gasteiger charge is -2.43. The number of H-pyrrole nitrogens is 1. The topological polar surface area (TPSA) is 79.3 Å². The maximum absolute atomic E-state index is 12.9. The molecule has 1 aliphatic carbocycles. The van der Waals surface area contributed by atoms with Crippen LogP contribution in [-0.4, -0.2) is 20.5 Å². The molecule has 1 fully saturated rings. The highest BCUT2D eigenvalue weighted by Gasteiger charge is 2.40. The summed E-state index contributed by atoms with van der Waals surface area (Å²) in [5.41, 5.74) is 3.66. The standard InChI is InChI=1S/C20H21BrN4O2/c1-12-16(13(2)25-17(22-12)11-19(27)24-25)10-18(26)23-20(7-4-8-20)14-5-3-6-15(21)9-14/h3,5-6,9,11H,4,7-8,10H2,1-2H3,(H,23,26)(H,24,27). The Hall–Kier alpha value is -2.41. The van der Waals surface area contributed by atoms with E-state index in [1.54, 1.807) is 4.52 Å². The molecule has 0 atom stereocenters. The molecule has 1 saturated carbocycles. The van der Waals surface area contributed by atoms with Gasteiger partial charge in [0.15, 0.2) is 5.65 Å². The van der Waals surface area contributed by atoms with Crippen LogP contribution in [0.3, 0.4) is 0 Å². The van der Waals surface area contributed by atoms with Gasteiger partial charge in [0.2, 0.25) is 5.91 Å². The van der Waals surface area contributed by atoms with Crippen LogP contribution < -0.4 is 10.9 Å². The summed E-state index contributed by atoms with van der Waals surface area (Å²) in [6.45, 7) is 3.77. The number of benzene rings is 1.